The molecule has 5 atom stereocenters. The summed E-state index contributed by atoms with van der Waals surface area (Å²) in [6, 6.07) is 3.97. The largest absolute Gasteiger partial charge is 0.497 e. The van der Waals surface area contributed by atoms with Gasteiger partial charge in [0.05, 0.1) is 25.7 Å². The number of nitrogens with zero attached hydrogens (tertiary/aromatic N) is 1. The highest BCUT2D eigenvalue weighted by atomic mass is 16.7. The number of ether oxygens (including phenoxy) is 5. The van der Waals surface area contributed by atoms with E-state index in [4.69, 9.17) is 18.9 Å². The molecule has 1 fully saturated rings. The van der Waals surface area contributed by atoms with Crippen LogP contribution in [0.1, 0.15) is 63.0 Å². The van der Waals surface area contributed by atoms with E-state index in [9.17, 15) is 19.8 Å². The van der Waals surface area contributed by atoms with Crippen LogP contribution < -0.4 is 9.47 Å². The fourth-order valence-electron chi connectivity index (χ4n) is 6.75. The number of benzene rings is 1. The number of fused-ring (bicyclic) bond motifs is 3. The molecule has 0 saturated carbocycles. The molecule has 4 aliphatic rings. The lowest BCUT2D eigenvalue weighted by Gasteiger charge is -2.40. The summed E-state index contributed by atoms with van der Waals surface area (Å²) in [5.41, 5.74) is -0.881. The van der Waals surface area contributed by atoms with E-state index in [0.29, 0.717) is 36.0 Å². The Morgan fingerprint density at radius 3 is 2.64 bits per heavy atom. The Labute approximate surface area is 228 Å². The first-order valence-electron chi connectivity index (χ1n) is 13.8. The molecule has 0 radical (unpaired) electrons. The molecule has 0 aromatic heterocycles. The van der Waals surface area contributed by atoms with Crippen LogP contribution in [0.5, 0.6) is 11.5 Å². The summed E-state index contributed by atoms with van der Waals surface area (Å²) >= 11 is 0. The molecular formula is C29H39NO9. The summed E-state index contributed by atoms with van der Waals surface area (Å²) in [5, 5.41) is 22.3. The first kappa shape index (κ1) is 27.7. The van der Waals surface area contributed by atoms with Gasteiger partial charge in [-0.15, -0.1) is 0 Å². The third kappa shape index (κ3) is 4.66. The molecule has 5 rings (SSSR count). The van der Waals surface area contributed by atoms with E-state index in [2.05, 4.69) is 15.7 Å². The second-order valence-corrected chi connectivity index (χ2v) is 11.4. The lowest BCUT2D eigenvalue weighted by Crippen LogP contribution is -2.56. The van der Waals surface area contributed by atoms with Crippen LogP contribution >= 0.6 is 0 Å². The van der Waals surface area contributed by atoms with Gasteiger partial charge in [-0.1, -0.05) is 20.3 Å². The van der Waals surface area contributed by atoms with Crippen LogP contribution in [0.25, 0.3) is 0 Å². The molecule has 1 saturated heterocycles. The van der Waals surface area contributed by atoms with Crippen molar-refractivity contribution in [1.82, 2.24) is 4.90 Å². The molecule has 1 spiro atoms. The van der Waals surface area contributed by atoms with Gasteiger partial charge < -0.3 is 33.9 Å². The van der Waals surface area contributed by atoms with Crippen LogP contribution in [-0.4, -0.2) is 84.5 Å². The molecule has 1 aliphatic carbocycles. The summed E-state index contributed by atoms with van der Waals surface area (Å²) in [5.74, 6) is -0.412. The molecule has 39 heavy (non-hydrogen) atoms. The van der Waals surface area contributed by atoms with E-state index >= 15 is 0 Å². The molecule has 214 valence electrons. The minimum Gasteiger partial charge on any atom is -0.497 e. The Hall–Kier alpha value is -2.82. The van der Waals surface area contributed by atoms with Crippen molar-refractivity contribution in [1.29, 1.82) is 0 Å². The summed E-state index contributed by atoms with van der Waals surface area (Å²) < 4.78 is 27.9. The Bertz CT molecular complexity index is 1150. The van der Waals surface area contributed by atoms with Crippen LogP contribution in [-0.2, 0) is 30.2 Å². The van der Waals surface area contributed by atoms with E-state index in [-0.39, 0.29) is 19.1 Å². The Morgan fingerprint density at radius 2 is 1.95 bits per heavy atom. The molecular weight excluding hydrogens is 506 g/mol. The predicted octanol–water partition coefficient (Wildman–Crippen LogP) is 2.44. The maximum absolute atomic E-state index is 13.8. The van der Waals surface area contributed by atoms with Crippen LogP contribution in [0.4, 0.5) is 0 Å². The molecule has 1 aromatic carbocycles. The molecule has 3 aliphatic heterocycles. The molecule has 3 heterocycles. The van der Waals surface area contributed by atoms with Crippen molar-refractivity contribution in [2.45, 2.75) is 81.6 Å². The third-order valence-corrected chi connectivity index (χ3v) is 8.77. The van der Waals surface area contributed by atoms with Crippen molar-refractivity contribution in [3.8, 4) is 11.5 Å². The van der Waals surface area contributed by atoms with E-state index in [0.717, 1.165) is 50.6 Å². The van der Waals surface area contributed by atoms with E-state index < -0.39 is 35.3 Å². The van der Waals surface area contributed by atoms with Gasteiger partial charge in [0.2, 0.25) is 6.79 Å². The maximum Gasteiger partial charge on any atom is 0.342 e. The van der Waals surface area contributed by atoms with Gasteiger partial charge >= 0.3 is 11.9 Å². The lowest BCUT2D eigenvalue weighted by molar-refractivity contribution is -0.195. The van der Waals surface area contributed by atoms with Gasteiger partial charge in [0.15, 0.2) is 29.3 Å². The van der Waals surface area contributed by atoms with Gasteiger partial charge in [0.1, 0.15) is 5.76 Å². The van der Waals surface area contributed by atoms with Crippen LogP contribution in [0, 0.1) is 5.92 Å². The Balaban J connectivity index is 1.53. The summed E-state index contributed by atoms with van der Waals surface area (Å²) in [6.45, 7) is 5.90. The van der Waals surface area contributed by atoms with Gasteiger partial charge in [0.25, 0.3) is 0 Å². The van der Waals surface area contributed by atoms with E-state index in [1.54, 1.807) is 0 Å². The number of aliphatic hydroxyl groups is 2. The van der Waals surface area contributed by atoms with E-state index in [1.165, 1.54) is 7.11 Å². The van der Waals surface area contributed by atoms with Crippen molar-refractivity contribution in [3.63, 3.8) is 0 Å². The van der Waals surface area contributed by atoms with Crippen molar-refractivity contribution >= 4 is 11.9 Å². The topological polar surface area (TPSA) is 124 Å². The first-order chi connectivity index (χ1) is 18.6. The average Bonchev–Trinajstić information content (AvgIpc) is 3.60. The van der Waals surface area contributed by atoms with Gasteiger partial charge in [-0.25, -0.2) is 9.59 Å². The zero-order chi connectivity index (χ0) is 27.9. The van der Waals surface area contributed by atoms with E-state index in [1.807, 2.05) is 26.0 Å². The van der Waals surface area contributed by atoms with Gasteiger partial charge in [-0.2, -0.15) is 0 Å². The van der Waals surface area contributed by atoms with Crippen molar-refractivity contribution < 1.29 is 43.5 Å². The van der Waals surface area contributed by atoms with Gasteiger partial charge in [-0.3, -0.25) is 4.90 Å². The van der Waals surface area contributed by atoms with Crippen molar-refractivity contribution in [2.75, 3.05) is 34.1 Å². The number of esters is 2. The molecule has 2 N–H and O–H groups in total. The third-order valence-electron chi connectivity index (χ3n) is 8.77. The van der Waals surface area contributed by atoms with Gasteiger partial charge in [0, 0.05) is 6.54 Å². The van der Waals surface area contributed by atoms with Gasteiger partial charge in [-0.05, 0) is 73.9 Å². The van der Waals surface area contributed by atoms with Crippen molar-refractivity contribution in [2.24, 2.45) is 5.92 Å². The zero-order valence-electron chi connectivity index (χ0n) is 23.1. The number of hydrogen-bond acceptors (Lipinski definition) is 10. The molecule has 0 bridgehead atoms. The average molecular weight is 546 g/mol. The summed E-state index contributed by atoms with van der Waals surface area (Å²) in [7, 11) is 2.63. The van der Waals surface area contributed by atoms with Crippen LogP contribution in [0.2, 0.25) is 0 Å². The molecule has 10 nitrogen and oxygen atoms in total. The number of aliphatic hydroxyl groups excluding tert-OH is 1. The lowest BCUT2D eigenvalue weighted by atomic mass is 9.77. The minimum absolute atomic E-state index is 0.148. The second kappa shape index (κ2) is 10.6. The predicted molar refractivity (Wildman–Crippen MR) is 139 cm³/mol. The van der Waals surface area contributed by atoms with Crippen LogP contribution in [0.3, 0.4) is 0 Å². The normalized spacial score (nSPS) is 27.5. The fourth-order valence-corrected chi connectivity index (χ4v) is 6.75. The number of carbonyl (C=O) groups is 2. The highest BCUT2D eigenvalue weighted by Gasteiger charge is 2.59. The maximum atomic E-state index is 13.8. The second-order valence-electron chi connectivity index (χ2n) is 11.4. The number of rotatable bonds is 9. The standard InChI is InChI=1S/C29H39NO9/c1-17(2)7-5-10-29(34,25(31)26(32)36-4)27(33)39-24-22(35-3)15-28-9-6-11-30(28)12-8-18-13-20-21(38-16-37-20)14-19(18)23(24)28/h13-15,17,23-25,31,34H,5-12,16H2,1-4H3/t23-,24-,25?,28+,29?/m1/s1. The number of carbonyl (C=O) groups excluding carboxylic acids is 2. The number of methoxy groups -OCH3 is 2. The molecule has 1 aromatic rings. The van der Waals surface area contributed by atoms with Crippen LogP contribution in [0.15, 0.2) is 24.0 Å². The molecule has 0 amide bonds. The Morgan fingerprint density at radius 1 is 1.21 bits per heavy atom. The fraction of sp³-hybridized carbons (Fsp3) is 0.655. The summed E-state index contributed by atoms with van der Waals surface area (Å²) in [6.07, 6.45) is 2.63. The summed E-state index contributed by atoms with van der Waals surface area (Å²) in [4.78, 5) is 28.5. The first-order valence-corrected chi connectivity index (χ1v) is 13.8. The minimum atomic E-state index is -2.48. The quantitative estimate of drug-likeness (QED) is 0.447. The highest BCUT2D eigenvalue weighted by Crippen LogP contribution is 2.55. The molecule has 10 heteroatoms. The zero-order valence-corrected chi connectivity index (χ0v) is 23.1. The Kier molecular flexibility index (Phi) is 7.56. The highest BCUT2D eigenvalue weighted by molar-refractivity contribution is 5.89. The SMILES string of the molecule is COC(=O)C(O)C(O)(CCCC(C)C)C(=O)O[C@@H]1C(OC)=C[C@]23CCCN2CCc2cc4c(cc2[C@H]13)OCO4. The number of hydrogen-bond donors (Lipinski definition) is 2. The van der Waals surface area contributed by atoms with Crippen molar-refractivity contribution in [3.05, 3.63) is 35.1 Å². The molecule has 2 unspecified atom stereocenters. The smallest absolute Gasteiger partial charge is 0.342 e. The monoisotopic (exact) mass is 545 g/mol.